The summed E-state index contributed by atoms with van der Waals surface area (Å²) in [4.78, 5) is 13.8. The first kappa shape index (κ1) is 25.0. The van der Waals surface area contributed by atoms with Crippen molar-refractivity contribution in [3.63, 3.8) is 0 Å². The predicted molar refractivity (Wildman–Crippen MR) is 180 cm³/mol. The molecule has 0 radical (unpaired) electrons. The first-order chi connectivity index (χ1) is 20.5. The highest BCUT2D eigenvalue weighted by Gasteiger charge is 2.27. The second-order valence-electron chi connectivity index (χ2n) is 11.4. The van der Waals surface area contributed by atoms with Gasteiger partial charge < -0.3 is 0 Å². The third-order valence-corrected chi connectivity index (χ3v) is 9.83. The predicted octanol–water partition coefficient (Wildman–Crippen LogP) is 10.6. The minimum atomic E-state index is 0.104. The highest BCUT2D eigenvalue weighted by atomic mass is 32.1. The molecule has 0 bridgehead atoms. The fourth-order valence-electron chi connectivity index (χ4n) is 6.53. The molecule has 7 aromatic rings. The molecule has 0 spiro atoms. The van der Waals surface area contributed by atoms with E-state index in [-0.39, 0.29) is 5.43 Å². The van der Waals surface area contributed by atoms with Gasteiger partial charge in [0, 0.05) is 20.2 Å². The van der Waals surface area contributed by atoms with E-state index < -0.39 is 0 Å². The van der Waals surface area contributed by atoms with Gasteiger partial charge in [0.25, 0.3) is 0 Å². The van der Waals surface area contributed by atoms with E-state index in [0.717, 1.165) is 32.2 Å². The highest BCUT2D eigenvalue weighted by molar-refractivity contribution is 7.24. The maximum atomic E-state index is 13.8. The van der Waals surface area contributed by atoms with Crippen molar-refractivity contribution in [2.24, 2.45) is 0 Å². The van der Waals surface area contributed by atoms with Crippen LogP contribution in [0.15, 0.2) is 126 Å². The van der Waals surface area contributed by atoms with Gasteiger partial charge in [-0.1, -0.05) is 102 Å². The summed E-state index contributed by atoms with van der Waals surface area (Å²) < 4.78 is 2.05. The molecule has 0 saturated heterocycles. The van der Waals surface area contributed by atoms with Gasteiger partial charge in [0.2, 0.25) is 0 Å². The summed E-state index contributed by atoms with van der Waals surface area (Å²) in [5.41, 5.74) is 15.0. The molecule has 1 nitrogen and oxygen atoms in total. The zero-order chi connectivity index (χ0) is 28.4. The van der Waals surface area contributed by atoms with Crippen LogP contribution >= 0.6 is 11.3 Å². The number of hydrogen-bond donors (Lipinski definition) is 0. The van der Waals surface area contributed by atoms with E-state index in [1.807, 2.05) is 24.3 Å². The highest BCUT2D eigenvalue weighted by Crippen LogP contribution is 2.50. The number of fused-ring (bicyclic) bond motifs is 5. The molecular formula is C40H28OS. The second kappa shape index (κ2) is 9.65. The summed E-state index contributed by atoms with van der Waals surface area (Å²) in [6.45, 7) is 4.27. The van der Waals surface area contributed by atoms with E-state index in [4.69, 9.17) is 0 Å². The van der Waals surface area contributed by atoms with Crippen LogP contribution in [0.2, 0.25) is 0 Å². The SMILES string of the molecule is Cc1ccc(-c2cc3c(c(-c4ccc5sc6ccccc6c(=O)c5c4)c2-c2ccc(C)cc2)Cc2ccccc2-3)cc1. The summed E-state index contributed by atoms with van der Waals surface area (Å²) in [7, 11) is 0. The molecule has 0 atom stereocenters. The van der Waals surface area contributed by atoms with E-state index >= 15 is 0 Å². The molecule has 8 rings (SSSR count). The van der Waals surface area contributed by atoms with Gasteiger partial charge in [-0.3, -0.25) is 4.79 Å². The van der Waals surface area contributed by atoms with Gasteiger partial charge in [0.1, 0.15) is 0 Å². The lowest BCUT2D eigenvalue weighted by atomic mass is 9.82. The average Bonchev–Trinajstić information content (AvgIpc) is 3.39. The lowest BCUT2D eigenvalue weighted by Crippen LogP contribution is -2.02. The standard InChI is InChI=1S/C40H28OS/c1-24-11-15-26(16-12-24)32-23-33-30-8-4-3-7-28(30)21-34(33)39(38(32)27-17-13-25(2)14-18-27)29-19-20-37-35(22-29)40(41)31-9-5-6-10-36(31)42-37/h3-20,22-23H,21H2,1-2H3. The normalized spacial score (nSPS) is 12.0. The Labute approximate surface area is 249 Å². The average molecular weight is 557 g/mol. The van der Waals surface area contributed by atoms with Gasteiger partial charge >= 0.3 is 0 Å². The number of hydrogen-bond acceptors (Lipinski definition) is 2. The van der Waals surface area contributed by atoms with Crippen LogP contribution < -0.4 is 5.43 Å². The third-order valence-electron chi connectivity index (χ3n) is 8.68. The molecule has 0 unspecified atom stereocenters. The lowest BCUT2D eigenvalue weighted by molar-refractivity contribution is 1.26. The summed E-state index contributed by atoms with van der Waals surface area (Å²) in [5.74, 6) is 0. The molecule has 2 heteroatoms. The Balaban J connectivity index is 1.50. The van der Waals surface area contributed by atoms with Crippen molar-refractivity contribution >= 4 is 31.5 Å². The Morgan fingerprint density at radius 1 is 0.524 bits per heavy atom. The smallest absolute Gasteiger partial charge is 0.195 e. The Kier molecular flexibility index (Phi) is 5.73. The van der Waals surface area contributed by atoms with Gasteiger partial charge in [-0.05, 0) is 106 Å². The molecule has 1 aliphatic carbocycles. The van der Waals surface area contributed by atoms with Crippen LogP contribution in [0.25, 0.3) is 64.7 Å². The molecule has 42 heavy (non-hydrogen) atoms. The van der Waals surface area contributed by atoms with Gasteiger partial charge in [-0.2, -0.15) is 0 Å². The largest absolute Gasteiger partial charge is 0.289 e. The van der Waals surface area contributed by atoms with Crippen LogP contribution in [0.3, 0.4) is 0 Å². The molecule has 1 heterocycles. The van der Waals surface area contributed by atoms with Gasteiger partial charge in [-0.15, -0.1) is 11.3 Å². The summed E-state index contributed by atoms with van der Waals surface area (Å²) in [6, 6.07) is 43.4. The zero-order valence-electron chi connectivity index (χ0n) is 23.6. The molecule has 200 valence electrons. The first-order valence-electron chi connectivity index (χ1n) is 14.4. The van der Waals surface area contributed by atoms with E-state index in [1.165, 1.54) is 61.2 Å². The summed E-state index contributed by atoms with van der Waals surface area (Å²) in [5, 5.41) is 1.58. The molecule has 0 aliphatic heterocycles. The van der Waals surface area contributed by atoms with Crippen molar-refractivity contribution in [1.82, 2.24) is 0 Å². The zero-order valence-corrected chi connectivity index (χ0v) is 24.4. The third kappa shape index (κ3) is 3.94. The fourth-order valence-corrected chi connectivity index (χ4v) is 7.59. The number of rotatable bonds is 3. The quantitative estimate of drug-likeness (QED) is 0.198. The van der Waals surface area contributed by atoms with Crippen molar-refractivity contribution in [3.05, 3.63) is 154 Å². The molecule has 6 aromatic carbocycles. The van der Waals surface area contributed by atoms with Crippen LogP contribution in [0, 0.1) is 13.8 Å². The van der Waals surface area contributed by atoms with E-state index in [1.54, 1.807) is 11.3 Å². The van der Waals surface area contributed by atoms with Gasteiger partial charge in [0.05, 0.1) is 0 Å². The van der Waals surface area contributed by atoms with Crippen molar-refractivity contribution in [3.8, 4) is 44.5 Å². The molecule has 0 fully saturated rings. The van der Waals surface area contributed by atoms with Crippen molar-refractivity contribution in [1.29, 1.82) is 0 Å². The van der Waals surface area contributed by atoms with Gasteiger partial charge in [-0.25, -0.2) is 0 Å². The minimum absolute atomic E-state index is 0.104. The molecule has 0 amide bonds. The van der Waals surface area contributed by atoms with Crippen molar-refractivity contribution in [2.45, 2.75) is 20.3 Å². The summed E-state index contributed by atoms with van der Waals surface area (Å²) >= 11 is 1.69. The summed E-state index contributed by atoms with van der Waals surface area (Å²) in [6.07, 6.45) is 0.872. The van der Waals surface area contributed by atoms with Crippen LogP contribution in [-0.4, -0.2) is 0 Å². The van der Waals surface area contributed by atoms with E-state index in [2.05, 4.69) is 111 Å². The van der Waals surface area contributed by atoms with E-state index in [0.29, 0.717) is 0 Å². The van der Waals surface area contributed by atoms with Crippen LogP contribution in [0.4, 0.5) is 0 Å². The van der Waals surface area contributed by atoms with Crippen LogP contribution in [0.1, 0.15) is 22.3 Å². The van der Waals surface area contributed by atoms with Crippen molar-refractivity contribution < 1.29 is 0 Å². The van der Waals surface area contributed by atoms with Crippen LogP contribution in [-0.2, 0) is 6.42 Å². The first-order valence-corrected chi connectivity index (χ1v) is 15.2. The monoisotopic (exact) mass is 556 g/mol. The fraction of sp³-hybridized carbons (Fsp3) is 0.0750. The van der Waals surface area contributed by atoms with Crippen molar-refractivity contribution in [2.75, 3.05) is 0 Å². The van der Waals surface area contributed by atoms with Crippen LogP contribution in [0.5, 0.6) is 0 Å². The minimum Gasteiger partial charge on any atom is -0.289 e. The lowest BCUT2D eigenvalue weighted by Gasteiger charge is -2.21. The molecule has 0 N–H and O–H groups in total. The Morgan fingerprint density at radius 3 is 1.95 bits per heavy atom. The Hall–Kier alpha value is -4.79. The molecular weight excluding hydrogens is 529 g/mol. The maximum Gasteiger partial charge on any atom is 0.195 e. The Morgan fingerprint density at radius 2 is 1.17 bits per heavy atom. The molecule has 1 aliphatic rings. The number of aryl methyl sites for hydroxylation is 2. The van der Waals surface area contributed by atoms with Gasteiger partial charge in [0.15, 0.2) is 5.43 Å². The Bertz CT molecular complexity index is 2240. The molecule has 0 saturated carbocycles. The second-order valence-corrected chi connectivity index (χ2v) is 12.5. The number of benzene rings is 6. The van der Waals surface area contributed by atoms with E-state index in [9.17, 15) is 4.79 Å². The topological polar surface area (TPSA) is 17.1 Å². The maximum absolute atomic E-state index is 13.8. The molecule has 1 aromatic heterocycles.